The van der Waals surface area contributed by atoms with E-state index in [1.54, 1.807) is 0 Å². The van der Waals surface area contributed by atoms with Gasteiger partial charge in [0, 0.05) is 17.0 Å². The second-order valence-electron chi connectivity index (χ2n) is 4.47. The molecule has 0 N–H and O–H groups in total. The molecule has 0 saturated heterocycles. The number of hydrogen-bond acceptors (Lipinski definition) is 1. The van der Waals surface area contributed by atoms with E-state index in [0.717, 1.165) is 11.2 Å². The number of halogens is 1. The predicted molar refractivity (Wildman–Crippen MR) is 70.1 cm³/mol. The van der Waals surface area contributed by atoms with Crippen LogP contribution in [0.4, 0.5) is 0 Å². The van der Waals surface area contributed by atoms with Gasteiger partial charge in [-0.25, -0.2) is 0 Å². The van der Waals surface area contributed by atoms with Crippen LogP contribution in [0.1, 0.15) is 36.6 Å². The molecule has 0 spiro atoms. The first-order valence-electron chi connectivity index (χ1n) is 5.58. The molecule has 0 radical (unpaired) electrons. The molecule has 0 atom stereocenters. The van der Waals surface area contributed by atoms with E-state index in [-0.39, 0.29) is 0 Å². The van der Waals surface area contributed by atoms with E-state index in [2.05, 4.69) is 45.0 Å². The van der Waals surface area contributed by atoms with Crippen LogP contribution in [-0.2, 0) is 5.88 Å². The van der Waals surface area contributed by atoms with Crippen molar-refractivity contribution in [1.82, 2.24) is 4.98 Å². The van der Waals surface area contributed by atoms with Crippen molar-refractivity contribution in [1.29, 1.82) is 0 Å². The molecule has 0 bridgehead atoms. The molecule has 0 aliphatic heterocycles. The van der Waals surface area contributed by atoms with Crippen LogP contribution < -0.4 is 0 Å². The van der Waals surface area contributed by atoms with Crippen LogP contribution >= 0.6 is 11.6 Å². The lowest BCUT2D eigenvalue weighted by molar-refractivity contribution is 0.827. The summed E-state index contributed by atoms with van der Waals surface area (Å²) in [7, 11) is 0. The first-order chi connectivity index (χ1) is 7.63. The van der Waals surface area contributed by atoms with E-state index in [1.165, 1.54) is 16.5 Å². The number of nitrogens with zero attached hydrogens (tertiary/aromatic N) is 1. The standard InChI is InChI=1S/C14H16ClN/c1-9(2)13-7-11(8-15)12-6-4-5-10(3)14(12)16-13/h4-7,9H,8H2,1-3H3. The molecule has 16 heavy (non-hydrogen) atoms. The fraction of sp³-hybridized carbons (Fsp3) is 0.357. The highest BCUT2D eigenvalue weighted by atomic mass is 35.5. The van der Waals surface area contributed by atoms with Crippen LogP contribution in [0.2, 0.25) is 0 Å². The number of para-hydroxylation sites is 1. The van der Waals surface area contributed by atoms with Gasteiger partial charge in [-0.1, -0.05) is 32.0 Å². The number of fused-ring (bicyclic) bond motifs is 1. The average Bonchev–Trinajstić information content (AvgIpc) is 2.28. The fourth-order valence-electron chi connectivity index (χ4n) is 1.89. The van der Waals surface area contributed by atoms with Crippen LogP contribution in [0.3, 0.4) is 0 Å². The van der Waals surface area contributed by atoms with Crippen molar-refractivity contribution in [3.63, 3.8) is 0 Å². The summed E-state index contributed by atoms with van der Waals surface area (Å²) in [5, 5.41) is 1.18. The lowest BCUT2D eigenvalue weighted by atomic mass is 10.0. The van der Waals surface area contributed by atoms with Crippen molar-refractivity contribution in [2.75, 3.05) is 0 Å². The van der Waals surface area contributed by atoms with Crippen molar-refractivity contribution in [2.24, 2.45) is 0 Å². The predicted octanol–water partition coefficient (Wildman–Crippen LogP) is 4.41. The Morgan fingerprint density at radius 3 is 2.69 bits per heavy atom. The summed E-state index contributed by atoms with van der Waals surface area (Å²) in [6, 6.07) is 8.37. The van der Waals surface area contributed by atoms with Crippen LogP contribution in [0, 0.1) is 6.92 Å². The molecule has 1 nitrogen and oxygen atoms in total. The Labute approximate surface area is 101 Å². The van der Waals surface area contributed by atoms with Gasteiger partial charge in [0.1, 0.15) is 0 Å². The first-order valence-corrected chi connectivity index (χ1v) is 6.12. The molecule has 0 aliphatic carbocycles. The maximum absolute atomic E-state index is 6.01. The van der Waals surface area contributed by atoms with Crippen LogP contribution in [0.5, 0.6) is 0 Å². The van der Waals surface area contributed by atoms with Gasteiger partial charge >= 0.3 is 0 Å². The van der Waals surface area contributed by atoms with E-state index in [4.69, 9.17) is 16.6 Å². The Kier molecular flexibility index (Phi) is 3.15. The van der Waals surface area contributed by atoms with Gasteiger partial charge in [0.25, 0.3) is 0 Å². The zero-order valence-corrected chi connectivity index (χ0v) is 10.7. The molecule has 84 valence electrons. The lowest BCUT2D eigenvalue weighted by Crippen LogP contribution is -1.97. The lowest BCUT2D eigenvalue weighted by Gasteiger charge is -2.11. The zero-order chi connectivity index (χ0) is 11.7. The maximum atomic E-state index is 6.01. The second kappa shape index (κ2) is 4.42. The van der Waals surface area contributed by atoms with E-state index in [0.29, 0.717) is 11.8 Å². The van der Waals surface area contributed by atoms with Crippen molar-refractivity contribution in [2.45, 2.75) is 32.6 Å². The Morgan fingerprint density at radius 1 is 1.31 bits per heavy atom. The number of aryl methyl sites for hydroxylation is 1. The summed E-state index contributed by atoms with van der Waals surface area (Å²) in [4.78, 5) is 4.72. The van der Waals surface area contributed by atoms with Gasteiger partial charge in [-0.05, 0) is 30.0 Å². The molecule has 0 saturated carbocycles. The van der Waals surface area contributed by atoms with E-state index in [9.17, 15) is 0 Å². The van der Waals surface area contributed by atoms with E-state index >= 15 is 0 Å². The molecule has 0 aliphatic rings. The topological polar surface area (TPSA) is 12.9 Å². The number of alkyl halides is 1. The van der Waals surface area contributed by atoms with E-state index in [1.807, 2.05) is 0 Å². The largest absolute Gasteiger partial charge is 0.252 e. The molecule has 0 unspecified atom stereocenters. The number of pyridine rings is 1. The van der Waals surface area contributed by atoms with Crippen molar-refractivity contribution in [3.8, 4) is 0 Å². The minimum absolute atomic E-state index is 0.436. The highest BCUT2D eigenvalue weighted by Gasteiger charge is 2.08. The molecule has 1 aromatic heterocycles. The molecular weight excluding hydrogens is 218 g/mol. The summed E-state index contributed by atoms with van der Waals surface area (Å²) in [5.41, 5.74) is 4.60. The van der Waals surface area contributed by atoms with Gasteiger partial charge in [0.15, 0.2) is 0 Å². The smallest absolute Gasteiger partial charge is 0.0737 e. The molecule has 1 heterocycles. The third-order valence-electron chi connectivity index (χ3n) is 2.88. The second-order valence-corrected chi connectivity index (χ2v) is 4.73. The summed E-state index contributed by atoms with van der Waals surface area (Å²) >= 11 is 6.01. The maximum Gasteiger partial charge on any atom is 0.0737 e. The average molecular weight is 234 g/mol. The molecule has 2 rings (SSSR count). The summed E-state index contributed by atoms with van der Waals surface area (Å²) in [6.07, 6.45) is 0. The molecule has 0 fully saturated rings. The summed E-state index contributed by atoms with van der Waals surface area (Å²) in [6.45, 7) is 6.41. The minimum atomic E-state index is 0.436. The Morgan fingerprint density at radius 2 is 2.06 bits per heavy atom. The van der Waals surface area contributed by atoms with Crippen LogP contribution in [0.25, 0.3) is 10.9 Å². The first kappa shape index (κ1) is 11.4. The van der Waals surface area contributed by atoms with Gasteiger partial charge < -0.3 is 0 Å². The van der Waals surface area contributed by atoms with Crippen molar-refractivity contribution < 1.29 is 0 Å². The monoisotopic (exact) mass is 233 g/mol. The minimum Gasteiger partial charge on any atom is -0.252 e. The summed E-state index contributed by atoms with van der Waals surface area (Å²) < 4.78 is 0. The Balaban J connectivity index is 2.79. The number of rotatable bonds is 2. The Hall–Kier alpha value is -1.08. The third kappa shape index (κ3) is 1.92. The number of hydrogen-bond donors (Lipinski definition) is 0. The van der Waals surface area contributed by atoms with Crippen LogP contribution in [-0.4, -0.2) is 4.98 Å². The zero-order valence-electron chi connectivity index (χ0n) is 9.92. The fourth-order valence-corrected chi connectivity index (χ4v) is 2.11. The number of benzene rings is 1. The van der Waals surface area contributed by atoms with Crippen molar-refractivity contribution >= 4 is 22.5 Å². The molecular formula is C14H16ClN. The number of aromatic nitrogens is 1. The van der Waals surface area contributed by atoms with Crippen LogP contribution in [0.15, 0.2) is 24.3 Å². The van der Waals surface area contributed by atoms with Gasteiger partial charge in [0.05, 0.1) is 5.52 Å². The van der Waals surface area contributed by atoms with Crippen molar-refractivity contribution in [3.05, 3.63) is 41.1 Å². The normalized spacial score (nSPS) is 11.3. The van der Waals surface area contributed by atoms with E-state index < -0.39 is 0 Å². The third-order valence-corrected chi connectivity index (χ3v) is 3.17. The molecule has 0 amide bonds. The summed E-state index contributed by atoms with van der Waals surface area (Å²) in [5.74, 6) is 0.980. The van der Waals surface area contributed by atoms with Gasteiger partial charge in [-0.15, -0.1) is 11.6 Å². The van der Waals surface area contributed by atoms with Gasteiger partial charge in [-0.3, -0.25) is 4.98 Å². The molecule has 2 heteroatoms. The highest BCUT2D eigenvalue weighted by molar-refractivity contribution is 6.18. The molecule has 1 aromatic carbocycles. The molecule has 2 aromatic rings. The van der Waals surface area contributed by atoms with Gasteiger partial charge in [-0.2, -0.15) is 0 Å². The quantitative estimate of drug-likeness (QED) is 0.701. The Bertz CT molecular complexity index is 517. The van der Waals surface area contributed by atoms with Gasteiger partial charge in [0.2, 0.25) is 0 Å². The SMILES string of the molecule is Cc1cccc2c(CCl)cc(C(C)C)nc12. The highest BCUT2D eigenvalue weighted by Crippen LogP contribution is 2.25.